The number of hydrogen-bond donors (Lipinski definition) is 2. The standard InChI is InChI=1S/C12H24N2O4/c1-2-15-9-10-17-7-4-14-5-8-18-12-11-16-6-3-13/h9-12,14H,2-8,13H2,1H3. The third-order valence-electron chi connectivity index (χ3n) is 1.69. The third kappa shape index (κ3) is 14.6. The van der Waals surface area contributed by atoms with Crippen LogP contribution in [-0.2, 0) is 18.9 Å². The van der Waals surface area contributed by atoms with E-state index in [-0.39, 0.29) is 0 Å². The van der Waals surface area contributed by atoms with E-state index in [0.717, 1.165) is 13.1 Å². The summed E-state index contributed by atoms with van der Waals surface area (Å²) in [4.78, 5) is 0. The van der Waals surface area contributed by atoms with Gasteiger partial charge >= 0.3 is 0 Å². The van der Waals surface area contributed by atoms with Gasteiger partial charge in [-0.05, 0) is 6.92 Å². The van der Waals surface area contributed by atoms with Gasteiger partial charge in [0.15, 0.2) is 0 Å². The Balaban J connectivity index is 3.05. The highest BCUT2D eigenvalue weighted by atomic mass is 16.5. The van der Waals surface area contributed by atoms with Crippen LogP contribution in [0.15, 0.2) is 25.0 Å². The molecule has 0 amide bonds. The summed E-state index contributed by atoms with van der Waals surface area (Å²) in [6.07, 6.45) is 6.08. The summed E-state index contributed by atoms with van der Waals surface area (Å²) >= 11 is 0. The molecule has 0 saturated carbocycles. The largest absolute Gasteiger partial charge is 0.498 e. The predicted molar refractivity (Wildman–Crippen MR) is 69.7 cm³/mol. The average molecular weight is 260 g/mol. The van der Waals surface area contributed by atoms with Crippen molar-refractivity contribution in [1.82, 2.24) is 5.32 Å². The van der Waals surface area contributed by atoms with E-state index >= 15 is 0 Å². The van der Waals surface area contributed by atoms with Crippen molar-refractivity contribution in [3.63, 3.8) is 0 Å². The minimum atomic E-state index is 0.504. The van der Waals surface area contributed by atoms with E-state index < -0.39 is 0 Å². The zero-order valence-corrected chi connectivity index (χ0v) is 11.0. The van der Waals surface area contributed by atoms with Crippen LogP contribution in [0.3, 0.4) is 0 Å². The number of nitrogens with two attached hydrogens (primary N) is 1. The second-order valence-corrected chi connectivity index (χ2v) is 3.15. The molecule has 0 bridgehead atoms. The van der Waals surface area contributed by atoms with Crippen LogP contribution in [-0.4, -0.2) is 46.1 Å². The molecule has 0 aromatic carbocycles. The Kier molecular flexibility index (Phi) is 14.4. The van der Waals surface area contributed by atoms with Crippen LogP contribution in [0.4, 0.5) is 0 Å². The fraction of sp³-hybridized carbons (Fsp3) is 0.667. The van der Waals surface area contributed by atoms with Gasteiger partial charge in [-0.2, -0.15) is 0 Å². The van der Waals surface area contributed by atoms with Crippen LogP contribution in [0.25, 0.3) is 0 Å². The van der Waals surface area contributed by atoms with Crippen LogP contribution in [0.5, 0.6) is 0 Å². The summed E-state index contributed by atoms with van der Waals surface area (Å²) in [7, 11) is 0. The van der Waals surface area contributed by atoms with E-state index in [2.05, 4.69) is 5.32 Å². The Morgan fingerprint density at radius 2 is 1.33 bits per heavy atom. The quantitative estimate of drug-likeness (QED) is 0.372. The SMILES string of the molecule is CCOC=COCCNCCOC=COCCN. The molecule has 0 aromatic heterocycles. The highest BCUT2D eigenvalue weighted by Gasteiger charge is 1.86. The van der Waals surface area contributed by atoms with Crippen molar-refractivity contribution in [2.75, 3.05) is 46.1 Å². The molecular weight excluding hydrogens is 236 g/mol. The Hall–Kier alpha value is -1.40. The highest BCUT2D eigenvalue weighted by molar-refractivity contribution is 4.62. The molecule has 0 spiro atoms. The first-order valence-corrected chi connectivity index (χ1v) is 6.09. The van der Waals surface area contributed by atoms with Gasteiger partial charge in [0.1, 0.15) is 25.0 Å². The van der Waals surface area contributed by atoms with Crippen molar-refractivity contribution in [1.29, 1.82) is 0 Å². The predicted octanol–water partition coefficient (Wildman–Crippen LogP) is 0.563. The maximum Gasteiger partial charge on any atom is 0.117 e. The molecule has 0 aliphatic heterocycles. The first-order valence-electron chi connectivity index (χ1n) is 6.09. The molecule has 18 heavy (non-hydrogen) atoms. The molecule has 0 atom stereocenters. The highest BCUT2D eigenvalue weighted by Crippen LogP contribution is 1.81. The van der Waals surface area contributed by atoms with Gasteiger partial charge in [-0.1, -0.05) is 0 Å². The molecule has 0 heterocycles. The van der Waals surface area contributed by atoms with Crippen LogP contribution >= 0.6 is 0 Å². The molecule has 3 N–H and O–H groups in total. The maximum absolute atomic E-state index is 5.24. The molecule has 0 rings (SSSR count). The third-order valence-corrected chi connectivity index (χ3v) is 1.69. The summed E-state index contributed by atoms with van der Waals surface area (Å²) in [5, 5.41) is 3.16. The lowest BCUT2D eigenvalue weighted by Crippen LogP contribution is -2.22. The zero-order valence-electron chi connectivity index (χ0n) is 11.0. The first-order chi connectivity index (χ1) is 8.91. The van der Waals surface area contributed by atoms with Crippen molar-refractivity contribution in [2.45, 2.75) is 6.92 Å². The topological polar surface area (TPSA) is 75.0 Å². The molecule has 0 aromatic rings. The average Bonchev–Trinajstić information content (AvgIpc) is 2.39. The minimum Gasteiger partial charge on any atom is -0.498 e. The molecule has 6 nitrogen and oxygen atoms in total. The number of hydrogen-bond acceptors (Lipinski definition) is 6. The van der Waals surface area contributed by atoms with E-state index in [1.54, 1.807) is 6.26 Å². The van der Waals surface area contributed by atoms with Crippen molar-refractivity contribution in [3.05, 3.63) is 25.0 Å². The lowest BCUT2D eigenvalue weighted by Gasteiger charge is -2.04. The molecule has 0 saturated heterocycles. The fourth-order valence-corrected chi connectivity index (χ4v) is 0.913. The second kappa shape index (κ2) is 15.6. The van der Waals surface area contributed by atoms with Crippen molar-refractivity contribution in [3.8, 4) is 0 Å². The van der Waals surface area contributed by atoms with E-state index in [0.29, 0.717) is 33.0 Å². The van der Waals surface area contributed by atoms with Crippen LogP contribution in [0, 0.1) is 0 Å². The summed E-state index contributed by atoms with van der Waals surface area (Å²) in [6, 6.07) is 0. The van der Waals surface area contributed by atoms with Gasteiger partial charge in [0.25, 0.3) is 0 Å². The van der Waals surface area contributed by atoms with Gasteiger partial charge in [-0.15, -0.1) is 0 Å². The van der Waals surface area contributed by atoms with Crippen LogP contribution < -0.4 is 11.1 Å². The van der Waals surface area contributed by atoms with Crippen LogP contribution in [0.2, 0.25) is 0 Å². The molecule has 0 aliphatic carbocycles. The number of rotatable bonds is 13. The summed E-state index contributed by atoms with van der Waals surface area (Å²) in [5.41, 5.74) is 5.24. The van der Waals surface area contributed by atoms with Gasteiger partial charge in [0.05, 0.1) is 26.4 Å². The monoisotopic (exact) mass is 260 g/mol. The van der Waals surface area contributed by atoms with Gasteiger partial charge in [-0.3, -0.25) is 0 Å². The Labute approximate surface area is 109 Å². The lowest BCUT2D eigenvalue weighted by molar-refractivity contribution is 0.198. The van der Waals surface area contributed by atoms with Gasteiger partial charge in [-0.25, -0.2) is 0 Å². The zero-order chi connectivity index (χ0) is 13.3. The summed E-state index contributed by atoms with van der Waals surface area (Å²) in [6.45, 7) is 6.26. The number of ether oxygens (including phenoxy) is 4. The Morgan fingerprint density at radius 1 is 0.833 bits per heavy atom. The van der Waals surface area contributed by atoms with E-state index in [4.69, 9.17) is 24.7 Å². The molecule has 0 aliphatic rings. The van der Waals surface area contributed by atoms with E-state index in [9.17, 15) is 0 Å². The summed E-state index contributed by atoms with van der Waals surface area (Å²) in [5.74, 6) is 0. The van der Waals surface area contributed by atoms with Crippen LogP contribution in [0.1, 0.15) is 6.92 Å². The van der Waals surface area contributed by atoms with Gasteiger partial charge < -0.3 is 30.0 Å². The van der Waals surface area contributed by atoms with Crippen molar-refractivity contribution in [2.24, 2.45) is 5.73 Å². The maximum atomic E-state index is 5.24. The molecule has 0 radical (unpaired) electrons. The Bertz CT molecular complexity index is 210. The van der Waals surface area contributed by atoms with E-state index in [1.807, 2.05) is 6.92 Å². The van der Waals surface area contributed by atoms with E-state index in [1.165, 1.54) is 18.8 Å². The van der Waals surface area contributed by atoms with Crippen molar-refractivity contribution >= 4 is 0 Å². The Morgan fingerprint density at radius 3 is 1.83 bits per heavy atom. The number of nitrogens with one attached hydrogen (secondary N) is 1. The van der Waals surface area contributed by atoms with Gasteiger partial charge in [0, 0.05) is 19.6 Å². The minimum absolute atomic E-state index is 0.504. The molecule has 6 heteroatoms. The summed E-state index contributed by atoms with van der Waals surface area (Å²) < 4.78 is 20.3. The molecule has 0 fully saturated rings. The normalized spacial score (nSPS) is 11.0. The lowest BCUT2D eigenvalue weighted by atomic mass is 10.6. The molecule has 106 valence electrons. The molecular formula is C12H24N2O4. The molecule has 0 unspecified atom stereocenters. The van der Waals surface area contributed by atoms with Gasteiger partial charge in [0.2, 0.25) is 0 Å². The second-order valence-electron chi connectivity index (χ2n) is 3.15. The fourth-order valence-electron chi connectivity index (χ4n) is 0.913. The smallest absolute Gasteiger partial charge is 0.117 e. The van der Waals surface area contributed by atoms with Crippen molar-refractivity contribution < 1.29 is 18.9 Å². The first kappa shape index (κ1) is 16.6.